The molecule has 4 fully saturated rings. The maximum Gasteiger partial charge on any atom is 0.251 e. The van der Waals surface area contributed by atoms with Crippen LogP contribution in [-0.2, 0) is 38.0 Å². The van der Waals surface area contributed by atoms with Gasteiger partial charge in [0.25, 0.3) is 5.91 Å². The Morgan fingerprint density at radius 3 is 2.00 bits per heavy atom. The summed E-state index contributed by atoms with van der Waals surface area (Å²) in [4.78, 5) is 25.1. The second-order valence-corrected chi connectivity index (χ2v) is 16.2. The molecule has 4 heterocycles. The molecule has 24 nitrogen and oxygen atoms in total. The number of aliphatic hydroxyl groups excluding tert-OH is 8. The Bertz CT molecular complexity index is 1630. The Kier molecular flexibility index (Phi) is 19.4. The predicted octanol–water partition coefficient (Wildman–Crippen LogP) is -5.96. The third-order valence-corrected chi connectivity index (χ3v) is 11.4. The highest BCUT2D eigenvalue weighted by molar-refractivity contribution is 5.94. The average molecular weight is 919 g/mol. The molecule has 0 aromatic heterocycles. The van der Waals surface area contributed by atoms with Crippen LogP contribution in [0.4, 0.5) is 0 Å². The van der Waals surface area contributed by atoms with Crippen LogP contribution in [-0.4, -0.2) is 209 Å². The van der Waals surface area contributed by atoms with Gasteiger partial charge in [-0.2, -0.15) is 0 Å². The normalized spacial score (nSPS) is 38.3. The monoisotopic (exact) mass is 918 g/mol. The van der Waals surface area contributed by atoms with Crippen molar-refractivity contribution in [1.29, 1.82) is 0 Å². The summed E-state index contributed by atoms with van der Waals surface area (Å²) in [6, 6.07) is 2.76. The van der Waals surface area contributed by atoms with Crippen molar-refractivity contribution in [2.24, 2.45) is 17.2 Å². The van der Waals surface area contributed by atoms with Crippen molar-refractivity contribution < 1.29 is 88.3 Å². The van der Waals surface area contributed by atoms with Crippen molar-refractivity contribution in [3.63, 3.8) is 0 Å². The molecule has 19 atom stereocenters. The molecule has 0 radical (unpaired) electrons. The van der Waals surface area contributed by atoms with Gasteiger partial charge in [0.2, 0.25) is 18.5 Å². The van der Waals surface area contributed by atoms with E-state index in [-0.39, 0.29) is 17.4 Å². The van der Waals surface area contributed by atoms with Crippen molar-refractivity contribution >= 4 is 11.8 Å². The number of rotatable bonds is 21. The number of carbonyl (C=O) groups excluding carboxylic acids is 2. The zero-order valence-corrected chi connectivity index (χ0v) is 35.7. The Balaban J connectivity index is 1.18. The number of hydrogen-bond donors (Lipinski definition) is 14. The van der Waals surface area contributed by atoms with Gasteiger partial charge in [0.1, 0.15) is 78.6 Å². The van der Waals surface area contributed by atoms with E-state index >= 15 is 0 Å². The van der Waals surface area contributed by atoms with E-state index in [4.69, 9.17) is 55.1 Å². The lowest BCUT2D eigenvalue weighted by molar-refractivity contribution is -0.362. The first kappa shape index (κ1) is 51.8. The van der Waals surface area contributed by atoms with E-state index in [1.807, 2.05) is 0 Å². The molecule has 24 heteroatoms. The van der Waals surface area contributed by atoms with Gasteiger partial charge in [0.05, 0.1) is 37.5 Å². The molecule has 17 N–H and O–H groups in total. The fourth-order valence-electron chi connectivity index (χ4n) is 7.48. The lowest BCUT2D eigenvalue weighted by Gasteiger charge is -2.48. The molecule has 4 aliphatic rings. The third kappa shape index (κ3) is 12.6. The van der Waals surface area contributed by atoms with Crippen LogP contribution < -0.4 is 37.9 Å². The van der Waals surface area contributed by atoms with Crippen molar-refractivity contribution in [3.8, 4) is 5.75 Å². The summed E-state index contributed by atoms with van der Waals surface area (Å²) >= 11 is 0. The van der Waals surface area contributed by atoms with E-state index in [9.17, 15) is 50.4 Å². The summed E-state index contributed by atoms with van der Waals surface area (Å²) < 4.78 is 46.2. The summed E-state index contributed by atoms with van der Waals surface area (Å²) in [6.07, 6.45) is -22.7. The number of carbonyl (C=O) groups is 2. The fraction of sp³-hybridized carbons (Fsp3) is 0.750. The molecule has 0 bridgehead atoms. The van der Waals surface area contributed by atoms with Crippen LogP contribution in [0, 0.1) is 0 Å². The Hall–Kier alpha value is -3.22. The van der Waals surface area contributed by atoms with Crippen molar-refractivity contribution in [2.75, 3.05) is 39.4 Å². The van der Waals surface area contributed by atoms with Crippen LogP contribution >= 0.6 is 0 Å². The lowest BCUT2D eigenvalue weighted by atomic mass is 9.94. The Labute approximate surface area is 369 Å². The van der Waals surface area contributed by atoms with Crippen LogP contribution in [0.15, 0.2) is 36.6 Å². The standard InChI is InChI=1S/C40H66N6O18/c1-17(42)35(55)46-25-27(50)24(43)18(2)57-37(25)62-32-22(15-47)60-38(29(52)28(32)51)64-34-26(49)19(3)58-39(31(34)54)63-33-23(16-48)61-40(30(33)53)59-21-9-7-20(8-10-21)36(56)45-14-6-13-44-12-5-4-11-41/h7-10,17-18,22-34,37-40,44,47-54H,3-6,11-16,41-43H2,1-2H3,(H,45,56)(H,46,55)/t17-,18-,22+,23+,24+,25-,26+,27+,28-,29-,30+,31-,32+,33+,34-,37-,38+,39+,40-/m1/s1. The second kappa shape index (κ2) is 24.0. The lowest BCUT2D eigenvalue weighted by Crippen LogP contribution is -2.69. The third-order valence-electron chi connectivity index (χ3n) is 11.4. The molecule has 4 saturated heterocycles. The minimum Gasteiger partial charge on any atom is -0.464 e. The van der Waals surface area contributed by atoms with Crippen LogP contribution in [0.25, 0.3) is 0 Å². The number of amides is 2. The molecule has 5 rings (SSSR count). The molecule has 0 spiro atoms. The van der Waals surface area contributed by atoms with Crippen LogP contribution in [0.5, 0.6) is 5.75 Å². The smallest absolute Gasteiger partial charge is 0.251 e. The number of aliphatic hydroxyl groups is 8. The Morgan fingerprint density at radius 2 is 1.36 bits per heavy atom. The summed E-state index contributed by atoms with van der Waals surface area (Å²) in [5, 5.41) is 96.0. The van der Waals surface area contributed by atoms with Crippen molar-refractivity contribution in [3.05, 3.63) is 42.2 Å². The largest absolute Gasteiger partial charge is 0.464 e. The molecule has 1 aromatic carbocycles. The van der Waals surface area contributed by atoms with Gasteiger partial charge in [-0.25, -0.2) is 0 Å². The van der Waals surface area contributed by atoms with Gasteiger partial charge in [0.15, 0.2) is 12.6 Å². The molecule has 0 saturated carbocycles. The highest BCUT2D eigenvalue weighted by Gasteiger charge is 2.55. The number of hydrogen-bond acceptors (Lipinski definition) is 22. The highest BCUT2D eigenvalue weighted by Crippen LogP contribution is 2.35. The van der Waals surface area contributed by atoms with E-state index in [2.05, 4.69) is 22.5 Å². The van der Waals surface area contributed by atoms with Crippen LogP contribution in [0.3, 0.4) is 0 Å². The van der Waals surface area contributed by atoms with Gasteiger partial charge in [0, 0.05) is 12.1 Å². The molecular weight excluding hydrogens is 852 g/mol. The minimum absolute atomic E-state index is 0.205. The zero-order valence-electron chi connectivity index (χ0n) is 35.7. The summed E-state index contributed by atoms with van der Waals surface area (Å²) in [7, 11) is 0. The van der Waals surface area contributed by atoms with Crippen molar-refractivity contribution in [2.45, 2.75) is 150 Å². The number of benzene rings is 1. The van der Waals surface area contributed by atoms with E-state index < -0.39 is 136 Å². The number of ether oxygens (including phenoxy) is 8. The first-order chi connectivity index (χ1) is 30.5. The average Bonchev–Trinajstić information content (AvgIpc) is 3.57. The van der Waals surface area contributed by atoms with Crippen LogP contribution in [0.2, 0.25) is 0 Å². The summed E-state index contributed by atoms with van der Waals surface area (Å²) in [5.41, 5.74) is 17.6. The first-order valence-corrected chi connectivity index (χ1v) is 21.4. The van der Waals surface area contributed by atoms with Gasteiger partial charge >= 0.3 is 0 Å². The van der Waals surface area contributed by atoms with E-state index in [0.29, 0.717) is 18.7 Å². The van der Waals surface area contributed by atoms with Gasteiger partial charge < -0.3 is 112 Å². The maximum atomic E-state index is 12.6. The van der Waals surface area contributed by atoms with Gasteiger partial charge in [-0.15, -0.1) is 0 Å². The van der Waals surface area contributed by atoms with Gasteiger partial charge in [-0.05, 0) is 77.0 Å². The second-order valence-electron chi connectivity index (χ2n) is 16.2. The number of nitrogens with one attached hydrogen (secondary N) is 3. The molecule has 64 heavy (non-hydrogen) atoms. The first-order valence-electron chi connectivity index (χ1n) is 21.4. The molecule has 4 aliphatic heterocycles. The topological polar surface area (TPSA) is 384 Å². The predicted molar refractivity (Wildman–Crippen MR) is 219 cm³/mol. The van der Waals surface area contributed by atoms with E-state index in [1.54, 1.807) is 0 Å². The fourth-order valence-corrected chi connectivity index (χ4v) is 7.48. The molecule has 2 amide bonds. The zero-order chi connectivity index (χ0) is 46.8. The van der Waals surface area contributed by atoms with Gasteiger partial charge in [-0.1, -0.05) is 6.58 Å². The molecule has 0 unspecified atom stereocenters. The SMILES string of the molecule is C=C1O[C@@H](O[C@@H]2[C@H](O)[C@H](Oc3ccc(C(=O)NCCCNCCCCN)cc3)O[C@H]2CO)[C@H](O)[C@H](O[C@@H]2O[C@@H](CO)[C@H](O[C@H]3O[C@H](C)[C@H](N)[C@H](O)[C@H]3NC(=O)[C@@H](C)N)[C@H](O)[C@H]2O)[C@H]1O. The molecular formula is C40H66N6O18. The quantitative estimate of drug-likeness (QED) is 0.0511. The molecule has 1 aromatic rings. The molecule has 364 valence electrons. The summed E-state index contributed by atoms with van der Waals surface area (Å²) in [6.45, 7) is 7.77. The Morgan fingerprint density at radius 1 is 0.766 bits per heavy atom. The van der Waals surface area contributed by atoms with Gasteiger partial charge in [-0.3, -0.25) is 9.59 Å². The molecule has 0 aliphatic carbocycles. The maximum absolute atomic E-state index is 12.6. The van der Waals surface area contributed by atoms with E-state index in [1.165, 1.54) is 38.1 Å². The highest BCUT2D eigenvalue weighted by atomic mass is 16.8. The van der Waals surface area contributed by atoms with Crippen LogP contribution in [0.1, 0.15) is 43.5 Å². The number of unbranched alkanes of at least 4 members (excludes halogenated alkanes) is 1. The van der Waals surface area contributed by atoms with E-state index in [0.717, 1.165) is 32.4 Å². The summed E-state index contributed by atoms with van der Waals surface area (Å²) in [5.74, 6) is -1.15. The van der Waals surface area contributed by atoms with Crippen molar-refractivity contribution in [1.82, 2.24) is 16.0 Å². The minimum atomic E-state index is -1.98. The number of nitrogens with two attached hydrogens (primary N) is 3.